The summed E-state index contributed by atoms with van der Waals surface area (Å²) in [4.78, 5) is 27.5. The number of ether oxygens (including phenoxy) is 6. The number of methoxy groups -OCH3 is 6. The lowest BCUT2D eigenvalue weighted by atomic mass is 9.94. The molecule has 0 fully saturated rings. The van der Waals surface area contributed by atoms with Crippen molar-refractivity contribution in [3.63, 3.8) is 0 Å². The molecule has 0 aliphatic rings. The van der Waals surface area contributed by atoms with Crippen LogP contribution in [0.4, 0.5) is 0 Å². The van der Waals surface area contributed by atoms with Crippen molar-refractivity contribution >= 4 is 11.6 Å². The first-order chi connectivity index (χ1) is 18.9. The van der Waals surface area contributed by atoms with Crippen LogP contribution < -0.4 is 28.4 Å². The van der Waals surface area contributed by atoms with Crippen molar-refractivity contribution < 1.29 is 38.0 Å². The Morgan fingerprint density at radius 2 is 1.00 bits per heavy atom. The molecule has 202 valence electrons. The minimum Gasteiger partial charge on any atom is -0.493 e. The molecule has 3 aromatic carbocycles. The molecule has 0 radical (unpaired) electrons. The van der Waals surface area contributed by atoms with E-state index < -0.39 is 11.6 Å². The average molecular weight is 533 g/mol. The number of benzene rings is 3. The highest BCUT2D eigenvalue weighted by atomic mass is 16.5. The molecule has 0 amide bonds. The maximum atomic E-state index is 13.8. The number of aromatic amines is 1. The number of rotatable bonds is 11. The standard InChI is InChI=1S/C29H28N2O8/c1-34-19-10-7-16(13-22(19)37-4)25-26(28(32)17-8-11-20(35-2)23(14-17)38-5)30-31-27(25)29(33)18-9-12-21(36-3)24(15-18)39-6/h7-15H,1-6H3,(H,30,31). The molecular weight excluding hydrogens is 504 g/mol. The lowest BCUT2D eigenvalue weighted by Crippen LogP contribution is -2.07. The molecule has 1 aromatic heterocycles. The Bertz CT molecular complexity index is 1440. The molecule has 4 rings (SSSR count). The van der Waals surface area contributed by atoms with E-state index in [1.807, 2.05) is 0 Å². The lowest BCUT2D eigenvalue weighted by molar-refractivity contribution is 0.102. The number of ketones is 2. The first kappa shape index (κ1) is 27.1. The average Bonchev–Trinajstić information content (AvgIpc) is 3.44. The van der Waals surface area contributed by atoms with Crippen LogP contribution in [0.5, 0.6) is 34.5 Å². The fourth-order valence-electron chi connectivity index (χ4n) is 4.18. The minimum atomic E-state index is -0.427. The lowest BCUT2D eigenvalue weighted by Gasteiger charge is -2.12. The SMILES string of the molecule is COc1ccc(C(=O)c2n[nH]c(C(=O)c3ccc(OC)c(OC)c3)c2-c2ccc(OC)c(OC)c2)cc1OC. The van der Waals surface area contributed by atoms with Crippen molar-refractivity contribution in [2.45, 2.75) is 0 Å². The Morgan fingerprint density at radius 3 is 1.49 bits per heavy atom. The van der Waals surface area contributed by atoms with E-state index >= 15 is 0 Å². The Kier molecular flexibility index (Phi) is 8.04. The van der Waals surface area contributed by atoms with E-state index in [0.717, 1.165) is 0 Å². The molecule has 10 heteroatoms. The second-order valence-corrected chi connectivity index (χ2v) is 8.19. The molecule has 0 unspecified atom stereocenters. The van der Waals surface area contributed by atoms with Gasteiger partial charge in [0.2, 0.25) is 11.6 Å². The van der Waals surface area contributed by atoms with Crippen LogP contribution in [0.2, 0.25) is 0 Å². The van der Waals surface area contributed by atoms with Gasteiger partial charge >= 0.3 is 0 Å². The number of aromatic nitrogens is 2. The molecule has 0 bridgehead atoms. The fraction of sp³-hybridized carbons (Fsp3) is 0.207. The third-order valence-electron chi connectivity index (χ3n) is 6.17. The highest BCUT2D eigenvalue weighted by Gasteiger charge is 2.28. The fourth-order valence-corrected chi connectivity index (χ4v) is 4.18. The summed E-state index contributed by atoms with van der Waals surface area (Å²) in [6.07, 6.45) is 0. The normalized spacial score (nSPS) is 10.5. The van der Waals surface area contributed by atoms with Crippen LogP contribution >= 0.6 is 0 Å². The van der Waals surface area contributed by atoms with Crippen molar-refractivity contribution in [1.29, 1.82) is 0 Å². The van der Waals surface area contributed by atoms with Crippen molar-refractivity contribution in [3.8, 4) is 45.6 Å². The highest BCUT2D eigenvalue weighted by molar-refractivity contribution is 6.18. The maximum Gasteiger partial charge on any atom is 0.214 e. The largest absolute Gasteiger partial charge is 0.493 e. The van der Waals surface area contributed by atoms with Gasteiger partial charge in [-0.2, -0.15) is 5.10 Å². The maximum absolute atomic E-state index is 13.8. The van der Waals surface area contributed by atoms with Crippen LogP contribution in [0.3, 0.4) is 0 Å². The van der Waals surface area contributed by atoms with E-state index in [0.29, 0.717) is 56.8 Å². The topological polar surface area (TPSA) is 118 Å². The molecule has 0 aliphatic carbocycles. The summed E-state index contributed by atoms with van der Waals surface area (Å²) in [5.41, 5.74) is 1.58. The molecule has 0 atom stereocenters. The second kappa shape index (κ2) is 11.6. The monoisotopic (exact) mass is 532 g/mol. The first-order valence-electron chi connectivity index (χ1n) is 11.7. The minimum absolute atomic E-state index is 0.0401. The highest BCUT2D eigenvalue weighted by Crippen LogP contribution is 2.37. The molecule has 0 saturated carbocycles. The molecule has 1 N–H and O–H groups in total. The molecular formula is C29H28N2O8. The van der Waals surface area contributed by atoms with Gasteiger partial charge in [-0.15, -0.1) is 0 Å². The number of nitrogens with one attached hydrogen (secondary N) is 1. The van der Waals surface area contributed by atoms with Crippen LogP contribution in [0.15, 0.2) is 54.6 Å². The van der Waals surface area contributed by atoms with Crippen molar-refractivity contribution in [2.75, 3.05) is 42.7 Å². The van der Waals surface area contributed by atoms with Crippen LogP contribution in [0.25, 0.3) is 11.1 Å². The van der Waals surface area contributed by atoms with E-state index in [2.05, 4.69) is 10.2 Å². The molecule has 0 aliphatic heterocycles. The predicted molar refractivity (Wildman–Crippen MR) is 143 cm³/mol. The number of carbonyl (C=O) groups excluding carboxylic acids is 2. The van der Waals surface area contributed by atoms with Gasteiger partial charge in [0.15, 0.2) is 34.5 Å². The van der Waals surface area contributed by atoms with Gasteiger partial charge in [0.25, 0.3) is 0 Å². The zero-order chi connectivity index (χ0) is 28.1. The zero-order valence-corrected chi connectivity index (χ0v) is 22.4. The Labute approximate surface area is 225 Å². The molecule has 0 saturated heterocycles. The van der Waals surface area contributed by atoms with E-state index in [4.69, 9.17) is 28.4 Å². The van der Waals surface area contributed by atoms with Crippen molar-refractivity contribution in [3.05, 3.63) is 77.1 Å². The van der Waals surface area contributed by atoms with Gasteiger partial charge in [-0.3, -0.25) is 14.7 Å². The summed E-state index contributed by atoms with van der Waals surface area (Å²) < 4.78 is 32.1. The van der Waals surface area contributed by atoms with Gasteiger partial charge in [0.1, 0.15) is 11.4 Å². The molecule has 4 aromatic rings. The third kappa shape index (κ3) is 5.08. The summed E-state index contributed by atoms with van der Waals surface area (Å²) >= 11 is 0. The number of hydrogen-bond acceptors (Lipinski definition) is 9. The van der Waals surface area contributed by atoms with Crippen molar-refractivity contribution in [1.82, 2.24) is 10.2 Å². The number of hydrogen-bond donors (Lipinski definition) is 1. The summed E-state index contributed by atoms with van der Waals surface area (Å²) in [7, 11) is 9.01. The summed E-state index contributed by atoms with van der Waals surface area (Å²) in [5.74, 6) is 1.80. The van der Waals surface area contributed by atoms with Gasteiger partial charge in [-0.05, 0) is 54.1 Å². The molecule has 10 nitrogen and oxygen atoms in total. The van der Waals surface area contributed by atoms with Crippen LogP contribution in [-0.4, -0.2) is 64.4 Å². The predicted octanol–water partition coefficient (Wildman–Crippen LogP) is 4.59. The smallest absolute Gasteiger partial charge is 0.214 e. The van der Waals surface area contributed by atoms with E-state index in [1.165, 1.54) is 42.7 Å². The van der Waals surface area contributed by atoms with Crippen LogP contribution in [0, 0.1) is 0 Å². The summed E-state index contributed by atoms with van der Waals surface area (Å²) in [5, 5.41) is 7.08. The van der Waals surface area contributed by atoms with Gasteiger partial charge in [-0.1, -0.05) is 6.07 Å². The number of nitrogens with zero attached hydrogens (tertiary/aromatic N) is 1. The van der Waals surface area contributed by atoms with Gasteiger partial charge in [-0.25, -0.2) is 0 Å². The zero-order valence-electron chi connectivity index (χ0n) is 22.4. The Morgan fingerprint density at radius 1 is 0.564 bits per heavy atom. The summed E-state index contributed by atoms with van der Waals surface area (Å²) in [6, 6.07) is 14.7. The molecule has 39 heavy (non-hydrogen) atoms. The Hall–Kier alpha value is -4.99. The van der Waals surface area contributed by atoms with Gasteiger partial charge in [0.05, 0.1) is 42.7 Å². The Balaban J connectivity index is 1.90. The van der Waals surface area contributed by atoms with Crippen LogP contribution in [0.1, 0.15) is 32.1 Å². The number of carbonyl (C=O) groups is 2. The van der Waals surface area contributed by atoms with Gasteiger partial charge in [0, 0.05) is 16.7 Å². The van der Waals surface area contributed by atoms with Crippen LogP contribution in [-0.2, 0) is 0 Å². The summed E-state index contributed by atoms with van der Waals surface area (Å²) in [6.45, 7) is 0. The van der Waals surface area contributed by atoms with E-state index in [1.54, 1.807) is 54.6 Å². The quantitative estimate of drug-likeness (QED) is 0.277. The van der Waals surface area contributed by atoms with Crippen molar-refractivity contribution in [2.24, 2.45) is 0 Å². The molecule has 0 spiro atoms. The second-order valence-electron chi connectivity index (χ2n) is 8.19. The molecule has 1 heterocycles. The third-order valence-corrected chi connectivity index (χ3v) is 6.17. The first-order valence-corrected chi connectivity index (χ1v) is 11.7. The number of H-pyrrole nitrogens is 1. The van der Waals surface area contributed by atoms with Gasteiger partial charge < -0.3 is 28.4 Å². The van der Waals surface area contributed by atoms with E-state index in [9.17, 15) is 9.59 Å². The van der Waals surface area contributed by atoms with E-state index in [-0.39, 0.29) is 11.4 Å².